The van der Waals surface area contributed by atoms with E-state index in [9.17, 15) is 0 Å². The highest BCUT2D eigenvalue weighted by atomic mass is 79.9. The largest absolute Gasteiger partial charge is 0.385 e. The van der Waals surface area contributed by atoms with Crippen molar-refractivity contribution in [1.82, 2.24) is 0 Å². The van der Waals surface area contributed by atoms with Gasteiger partial charge in [0.05, 0.1) is 0 Å². The topological polar surface area (TPSA) is 9.23 Å². The average Bonchev–Trinajstić information content (AvgIpc) is 2.10. The Labute approximate surface area is 95.7 Å². The van der Waals surface area contributed by atoms with Gasteiger partial charge in [0.2, 0.25) is 0 Å². The van der Waals surface area contributed by atoms with E-state index in [1.165, 1.54) is 5.56 Å². The van der Waals surface area contributed by atoms with Crippen molar-refractivity contribution < 1.29 is 4.74 Å². The lowest BCUT2D eigenvalue weighted by atomic mass is 10.1. The van der Waals surface area contributed by atoms with Gasteiger partial charge in [-0.05, 0) is 30.5 Å². The molecular formula is C10H12Br2O. The van der Waals surface area contributed by atoms with Crippen LogP contribution < -0.4 is 0 Å². The Hall–Kier alpha value is 0.140. The van der Waals surface area contributed by atoms with Gasteiger partial charge < -0.3 is 4.74 Å². The first-order valence-electron chi connectivity index (χ1n) is 4.17. The van der Waals surface area contributed by atoms with Crippen LogP contribution in [0.4, 0.5) is 0 Å². The van der Waals surface area contributed by atoms with E-state index >= 15 is 0 Å². The average molecular weight is 308 g/mol. The first-order chi connectivity index (χ1) is 6.25. The fourth-order valence-corrected chi connectivity index (χ4v) is 2.56. The van der Waals surface area contributed by atoms with Gasteiger partial charge in [-0.1, -0.05) is 37.9 Å². The Morgan fingerprint density at radius 1 is 1.23 bits per heavy atom. The summed E-state index contributed by atoms with van der Waals surface area (Å²) in [6, 6.07) is 6.15. The van der Waals surface area contributed by atoms with Gasteiger partial charge in [-0.2, -0.15) is 0 Å². The second kappa shape index (κ2) is 5.78. The Morgan fingerprint density at radius 3 is 2.38 bits per heavy atom. The zero-order valence-corrected chi connectivity index (χ0v) is 10.7. The summed E-state index contributed by atoms with van der Waals surface area (Å²) in [5.74, 6) is 0. The van der Waals surface area contributed by atoms with Gasteiger partial charge in [-0.15, -0.1) is 0 Å². The van der Waals surface area contributed by atoms with Crippen molar-refractivity contribution in [2.45, 2.75) is 12.8 Å². The van der Waals surface area contributed by atoms with E-state index in [0.717, 1.165) is 28.4 Å². The van der Waals surface area contributed by atoms with E-state index in [1.54, 1.807) is 7.11 Å². The van der Waals surface area contributed by atoms with E-state index in [2.05, 4.69) is 44.0 Å². The van der Waals surface area contributed by atoms with E-state index in [1.807, 2.05) is 6.07 Å². The molecule has 0 unspecified atom stereocenters. The van der Waals surface area contributed by atoms with Crippen LogP contribution in [-0.4, -0.2) is 13.7 Å². The van der Waals surface area contributed by atoms with Crippen LogP contribution in [0.5, 0.6) is 0 Å². The molecule has 1 nitrogen and oxygen atoms in total. The molecule has 0 aliphatic carbocycles. The number of benzene rings is 1. The highest BCUT2D eigenvalue weighted by Crippen LogP contribution is 2.26. The molecule has 0 radical (unpaired) electrons. The third-order valence-corrected chi connectivity index (χ3v) is 3.32. The van der Waals surface area contributed by atoms with Gasteiger partial charge in [-0.3, -0.25) is 0 Å². The van der Waals surface area contributed by atoms with Crippen LogP contribution in [-0.2, 0) is 11.2 Å². The van der Waals surface area contributed by atoms with Crippen molar-refractivity contribution in [3.8, 4) is 0 Å². The maximum atomic E-state index is 5.01. The van der Waals surface area contributed by atoms with Crippen molar-refractivity contribution in [3.63, 3.8) is 0 Å². The minimum absolute atomic E-state index is 0.813. The second-order valence-electron chi connectivity index (χ2n) is 2.80. The number of methoxy groups -OCH3 is 1. The summed E-state index contributed by atoms with van der Waals surface area (Å²) >= 11 is 7.06. The number of hydrogen-bond acceptors (Lipinski definition) is 1. The molecule has 0 amide bonds. The Morgan fingerprint density at radius 2 is 1.85 bits per heavy atom. The molecule has 0 spiro atoms. The summed E-state index contributed by atoms with van der Waals surface area (Å²) in [6.07, 6.45) is 2.09. The normalized spacial score (nSPS) is 10.4. The summed E-state index contributed by atoms with van der Waals surface area (Å²) in [5.41, 5.74) is 1.32. The number of ether oxygens (including phenoxy) is 1. The molecule has 1 rings (SSSR count). The van der Waals surface area contributed by atoms with Gasteiger partial charge in [0.25, 0.3) is 0 Å². The molecule has 13 heavy (non-hydrogen) atoms. The lowest BCUT2D eigenvalue weighted by molar-refractivity contribution is 0.195. The predicted molar refractivity (Wildman–Crippen MR) is 62.0 cm³/mol. The van der Waals surface area contributed by atoms with Crippen LogP contribution in [0.1, 0.15) is 12.0 Å². The molecule has 0 aromatic heterocycles. The second-order valence-corrected chi connectivity index (χ2v) is 4.51. The number of rotatable bonds is 4. The molecule has 0 saturated heterocycles. The fraction of sp³-hybridized carbons (Fsp3) is 0.400. The lowest BCUT2D eigenvalue weighted by Crippen LogP contribution is -1.94. The molecule has 0 bridgehead atoms. The molecule has 1 aromatic rings. The summed E-state index contributed by atoms with van der Waals surface area (Å²) in [6.45, 7) is 0.813. The van der Waals surface area contributed by atoms with E-state index in [4.69, 9.17) is 4.74 Å². The first kappa shape index (κ1) is 11.2. The SMILES string of the molecule is COCCCc1c(Br)cccc1Br. The van der Waals surface area contributed by atoms with Gasteiger partial charge in [-0.25, -0.2) is 0 Å². The zero-order valence-electron chi connectivity index (χ0n) is 7.52. The Balaban J connectivity index is 2.64. The summed E-state index contributed by atoms with van der Waals surface area (Å²) in [4.78, 5) is 0. The van der Waals surface area contributed by atoms with Crippen molar-refractivity contribution >= 4 is 31.9 Å². The van der Waals surface area contributed by atoms with Gasteiger partial charge in [0.1, 0.15) is 0 Å². The Bertz CT molecular complexity index is 253. The molecule has 1 aromatic carbocycles. The summed E-state index contributed by atoms with van der Waals surface area (Å²) < 4.78 is 7.34. The predicted octanol–water partition coefficient (Wildman–Crippen LogP) is 3.79. The fourth-order valence-electron chi connectivity index (χ4n) is 1.16. The van der Waals surface area contributed by atoms with Crippen molar-refractivity contribution in [1.29, 1.82) is 0 Å². The molecule has 0 fully saturated rings. The van der Waals surface area contributed by atoms with Gasteiger partial charge in [0.15, 0.2) is 0 Å². The van der Waals surface area contributed by atoms with Crippen LogP contribution in [0.15, 0.2) is 27.1 Å². The van der Waals surface area contributed by atoms with Crippen molar-refractivity contribution in [2.75, 3.05) is 13.7 Å². The lowest BCUT2D eigenvalue weighted by Gasteiger charge is -2.06. The molecular weight excluding hydrogens is 296 g/mol. The molecule has 0 aliphatic rings. The van der Waals surface area contributed by atoms with Crippen LogP contribution in [0.3, 0.4) is 0 Å². The minimum Gasteiger partial charge on any atom is -0.385 e. The molecule has 0 atom stereocenters. The van der Waals surface area contributed by atoms with Crippen LogP contribution >= 0.6 is 31.9 Å². The zero-order chi connectivity index (χ0) is 9.68. The molecule has 3 heteroatoms. The number of hydrogen-bond donors (Lipinski definition) is 0. The van der Waals surface area contributed by atoms with Crippen LogP contribution in [0, 0.1) is 0 Å². The highest BCUT2D eigenvalue weighted by Gasteiger charge is 2.03. The molecule has 0 N–H and O–H groups in total. The minimum atomic E-state index is 0.813. The van der Waals surface area contributed by atoms with E-state index in [0.29, 0.717) is 0 Å². The van der Waals surface area contributed by atoms with Gasteiger partial charge in [0, 0.05) is 22.7 Å². The molecule has 0 aliphatic heterocycles. The van der Waals surface area contributed by atoms with E-state index in [-0.39, 0.29) is 0 Å². The summed E-state index contributed by atoms with van der Waals surface area (Å²) in [7, 11) is 1.73. The first-order valence-corrected chi connectivity index (χ1v) is 5.76. The number of halogens is 2. The molecule has 0 saturated carbocycles. The van der Waals surface area contributed by atoms with E-state index < -0.39 is 0 Å². The third kappa shape index (κ3) is 3.41. The van der Waals surface area contributed by atoms with Crippen molar-refractivity contribution in [3.05, 3.63) is 32.7 Å². The molecule has 0 heterocycles. The van der Waals surface area contributed by atoms with Gasteiger partial charge >= 0.3 is 0 Å². The standard InChI is InChI=1S/C10H12Br2O/c1-13-7-3-4-8-9(11)5-2-6-10(8)12/h2,5-6H,3-4,7H2,1H3. The summed E-state index contributed by atoms with van der Waals surface area (Å²) in [5, 5.41) is 0. The maximum Gasteiger partial charge on any atom is 0.0465 e. The quantitative estimate of drug-likeness (QED) is 0.769. The maximum absolute atomic E-state index is 5.01. The van der Waals surface area contributed by atoms with Crippen LogP contribution in [0.25, 0.3) is 0 Å². The molecule has 72 valence electrons. The van der Waals surface area contributed by atoms with Crippen LogP contribution in [0.2, 0.25) is 0 Å². The Kier molecular flexibility index (Phi) is 4.99. The smallest absolute Gasteiger partial charge is 0.0465 e. The third-order valence-electron chi connectivity index (χ3n) is 1.84. The highest BCUT2D eigenvalue weighted by molar-refractivity contribution is 9.11. The monoisotopic (exact) mass is 306 g/mol. The van der Waals surface area contributed by atoms with Crippen molar-refractivity contribution in [2.24, 2.45) is 0 Å².